The molecule has 258 valence electrons. The van der Waals surface area contributed by atoms with E-state index in [4.69, 9.17) is 4.74 Å². The van der Waals surface area contributed by atoms with Gasteiger partial charge in [-0.05, 0) is 91.7 Å². The van der Waals surface area contributed by atoms with Crippen molar-refractivity contribution in [2.75, 3.05) is 54.2 Å². The molecule has 0 unspecified atom stereocenters. The smallest absolute Gasteiger partial charge is 0.265 e. The number of anilines is 4. The maximum absolute atomic E-state index is 13.8. The standard InChI is InChI=1S/C20H15F3N2OS.C17H19N3O3/c1-25-8-7-11-9-17(20(26)24-18-14(22)3-2-4-15(18)23)27-19(11)13-6-5-12(21)10-16(13)25;1-2-23-11-10-19-16-15(4-3-9-18-16)17(22)20-14-7-5-13(12-21)6-8-14/h2-6,9-10H,7-8H2,1H3,(H,24,26);3-9,12H,2,10-11H2,1H3,(H,18,19)(H,20,22). The van der Waals surface area contributed by atoms with Gasteiger partial charge in [-0.15, -0.1) is 11.3 Å². The molecule has 13 heteroatoms. The lowest BCUT2D eigenvalue weighted by Crippen LogP contribution is -2.19. The van der Waals surface area contributed by atoms with Gasteiger partial charge in [-0.25, -0.2) is 18.2 Å². The molecule has 2 amide bonds. The van der Waals surface area contributed by atoms with Crippen molar-refractivity contribution >= 4 is 52.3 Å². The van der Waals surface area contributed by atoms with Crippen molar-refractivity contribution in [3.05, 3.63) is 124 Å². The van der Waals surface area contributed by atoms with Crippen molar-refractivity contribution in [2.45, 2.75) is 13.3 Å². The molecular weight excluding hydrogens is 667 g/mol. The number of para-hydroxylation sites is 1. The summed E-state index contributed by atoms with van der Waals surface area (Å²) < 4.78 is 46.5. The number of carbonyl (C=O) groups excluding carboxylic acids is 3. The summed E-state index contributed by atoms with van der Waals surface area (Å²) in [5.41, 5.74) is 3.70. The van der Waals surface area contributed by atoms with Gasteiger partial charge in [-0.1, -0.05) is 6.07 Å². The van der Waals surface area contributed by atoms with E-state index in [0.717, 1.165) is 40.1 Å². The number of thiophene rings is 1. The molecule has 0 fully saturated rings. The lowest BCUT2D eigenvalue weighted by atomic mass is 10.1. The highest BCUT2D eigenvalue weighted by Gasteiger charge is 2.24. The van der Waals surface area contributed by atoms with E-state index in [9.17, 15) is 27.6 Å². The van der Waals surface area contributed by atoms with Crippen molar-refractivity contribution in [1.82, 2.24) is 4.98 Å². The first-order chi connectivity index (χ1) is 24.2. The van der Waals surface area contributed by atoms with Gasteiger partial charge in [0.25, 0.3) is 11.8 Å². The molecule has 0 bridgehead atoms. The number of nitrogens with zero attached hydrogens (tertiary/aromatic N) is 2. The minimum atomic E-state index is -0.830. The molecule has 50 heavy (non-hydrogen) atoms. The zero-order valence-corrected chi connectivity index (χ0v) is 28.1. The minimum absolute atomic E-state index is 0.268. The molecule has 1 aliphatic rings. The molecule has 0 radical (unpaired) electrons. The number of halogens is 3. The highest BCUT2D eigenvalue weighted by molar-refractivity contribution is 7.17. The topological polar surface area (TPSA) is 113 Å². The predicted molar refractivity (Wildman–Crippen MR) is 190 cm³/mol. The van der Waals surface area contributed by atoms with E-state index in [2.05, 4.69) is 20.9 Å². The number of benzene rings is 3. The van der Waals surface area contributed by atoms with E-state index in [0.29, 0.717) is 60.2 Å². The number of ether oxygens (including phenoxy) is 1. The quantitative estimate of drug-likeness (QED) is 0.101. The normalized spacial score (nSPS) is 11.7. The molecule has 0 saturated carbocycles. The summed E-state index contributed by atoms with van der Waals surface area (Å²) >= 11 is 1.23. The Balaban J connectivity index is 0.000000197. The second kappa shape index (κ2) is 16.7. The largest absolute Gasteiger partial charge is 0.380 e. The van der Waals surface area contributed by atoms with E-state index in [1.54, 1.807) is 54.7 Å². The van der Waals surface area contributed by atoms with Crippen LogP contribution in [-0.2, 0) is 11.2 Å². The summed E-state index contributed by atoms with van der Waals surface area (Å²) in [6.07, 6.45) is 3.06. The van der Waals surface area contributed by atoms with Crippen molar-refractivity contribution in [1.29, 1.82) is 0 Å². The van der Waals surface area contributed by atoms with Crippen molar-refractivity contribution in [2.24, 2.45) is 0 Å². The van der Waals surface area contributed by atoms with Crippen LogP contribution in [0.5, 0.6) is 0 Å². The maximum atomic E-state index is 13.8. The molecule has 0 aliphatic carbocycles. The lowest BCUT2D eigenvalue weighted by molar-refractivity contribution is 0.102. The summed E-state index contributed by atoms with van der Waals surface area (Å²) in [6, 6.07) is 19.8. The Morgan fingerprint density at radius 2 is 1.72 bits per heavy atom. The number of rotatable bonds is 10. The van der Waals surface area contributed by atoms with Crippen LogP contribution in [0.1, 0.15) is 42.9 Å². The first kappa shape index (κ1) is 35.8. The van der Waals surface area contributed by atoms with E-state index in [-0.39, 0.29) is 11.7 Å². The molecule has 2 aromatic heterocycles. The van der Waals surface area contributed by atoms with Crippen LogP contribution in [0.25, 0.3) is 10.4 Å². The molecule has 0 spiro atoms. The highest BCUT2D eigenvalue weighted by Crippen LogP contribution is 2.41. The minimum Gasteiger partial charge on any atom is -0.380 e. The van der Waals surface area contributed by atoms with Crippen LogP contribution in [0.4, 0.5) is 36.1 Å². The van der Waals surface area contributed by atoms with Crippen LogP contribution in [0.2, 0.25) is 0 Å². The summed E-state index contributed by atoms with van der Waals surface area (Å²) in [5, 5.41) is 8.19. The first-order valence-electron chi connectivity index (χ1n) is 15.7. The van der Waals surface area contributed by atoms with Crippen LogP contribution >= 0.6 is 11.3 Å². The first-order valence-corrected chi connectivity index (χ1v) is 16.5. The average Bonchev–Trinajstić information content (AvgIpc) is 3.50. The third kappa shape index (κ3) is 8.73. The fourth-order valence-corrected chi connectivity index (χ4v) is 6.27. The van der Waals surface area contributed by atoms with Crippen LogP contribution in [0.3, 0.4) is 0 Å². The Hall–Kier alpha value is -5.53. The number of aldehydes is 1. The number of hydrogen-bond acceptors (Lipinski definition) is 8. The number of nitrogens with one attached hydrogen (secondary N) is 3. The van der Waals surface area contributed by atoms with Gasteiger partial charge in [-0.3, -0.25) is 14.4 Å². The molecular formula is C37H34F3N5O4S. The Morgan fingerprint density at radius 3 is 2.44 bits per heavy atom. The van der Waals surface area contributed by atoms with Gasteiger partial charge in [0.2, 0.25) is 0 Å². The lowest BCUT2D eigenvalue weighted by Gasteiger charge is -2.19. The van der Waals surface area contributed by atoms with E-state index < -0.39 is 23.2 Å². The average molecular weight is 702 g/mol. The number of pyridine rings is 1. The summed E-state index contributed by atoms with van der Waals surface area (Å²) in [7, 11) is 1.89. The number of amides is 2. The van der Waals surface area contributed by atoms with Gasteiger partial charge < -0.3 is 25.6 Å². The number of likely N-dealkylation sites (N-methyl/N-ethyl adjacent to an activating group) is 1. The van der Waals surface area contributed by atoms with Gasteiger partial charge in [0, 0.05) is 60.3 Å². The SMILES string of the molecule is CCOCCNc1ncccc1C(=O)Nc1ccc(C=O)cc1.CN1CCc2cc(C(=O)Nc3c(F)cccc3F)sc2-c2ccc(F)cc21. The molecule has 0 saturated heterocycles. The number of fused-ring (bicyclic) bond motifs is 3. The Bertz CT molecular complexity index is 1970. The van der Waals surface area contributed by atoms with Crippen molar-refractivity contribution in [3.63, 3.8) is 0 Å². The predicted octanol–water partition coefficient (Wildman–Crippen LogP) is 7.67. The number of hydrogen-bond donors (Lipinski definition) is 3. The third-order valence-corrected chi connectivity index (χ3v) is 8.88. The monoisotopic (exact) mass is 701 g/mol. The van der Waals surface area contributed by atoms with Crippen LogP contribution < -0.4 is 20.9 Å². The highest BCUT2D eigenvalue weighted by atomic mass is 32.1. The van der Waals surface area contributed by atoms with Gasteiger partial charge in [0.15, 0.2) is 0 Å². The fourth-order valence-electron chi connectivity index (χ4n) is 5.13. The number of aromatic nitrogens is 1. The Labute approximate surface area is 291 Å². The zero-order chi connectivity index (χ0) is 35.6. The van der Waals surface area contributed by atoms with Gasteiger partial charge in [0.05, 0.1) is 17.0 Å². The van der Waals surface area contributed by atoms with E-state index >= 15 is 0 Å². The van der Waals surface area contributed by atoms with Crippen LogP contribution in [0.15, 0.2) is 85.1 Å². The van der Waals surface area contributed by atoms with Crippen LogP contribution in [0, 0.1) is 17.5 Å². The molecule has 9 nitrogen and oxygen atoms in total. The summed E-state index contributed by atoms with van der Waals surface area (Å²) in [6.45, 7) is 4.35. The van der Waals surface area contributed by atoms with Gasteiger partial charge in [-0.2, -0.15) is 0 Å². The van der Waals surface area contributed by atoms with Gasteiger partial charge >= 0.3 is 0 Å². The van der Waals surface area contributed by atoms with Gasteiger partial charge in [0.1, 0.15) is 35.2 Å². The second-order valence-electron chi connectivity index (χ2n) is 11.1. The maximum Gasteiger partial charge on any atom is 0.265 e. The summed E-state index contributed by atoms with van der Waals surface area (Å²) in [4.78, 5) is 43.0. The Kier molecular flexibility index (Phi) is 12.0. The summed E-state index contributed by atoms with van der Waals surface area (Å²) in [5.74, 6) is -2.32. The van der Waals surface area contributed by atoms with E-state index in [1.807, 2.05) is 18.9 Å². The molecule has 5 aromatic rings. The molecule has 0 atom stereocenters. The third-order valence-electron chi connectivity index (χ3n) is 7.67. The second-order valence-corrected chi connectivity index (χ2v) is 12.1. The van der Waals surface area contributed by atoms with E-state index in [1.165, 1.54) is 29.5 Å². The molecule has 6 rings (SSSR count). The van der Waals surface area contributed by atoms with Crippen molar-refractivity contribution in [3.8, 4) is 10.4 Å². The molecule has 3 heterocycles. The molecule has 3 N–H and O–H groups in total. The number of carbonyl (C=O) groups is 3. The molecule has 1 aliphatic heterocycles. The zero-order valence-electron chi connectivity index (χ0n) is 27.3. The fraction of sp³-hybridized carbons (Fsp3) is 0.189. The van der Waals surface area contributed by atoms with Crippen LogP contribution in [-0.4, -0.2) is 56.4 Å². The Morgan fingerprint density at radius 1 is 0.960 bits per heavy atom. The molecule has 3 aromatic carbocycles. The van der Waals surface area contributed by atoms with Crippen molar-refractivity contribution < 1.29 is 32.3 Å².